The number of nitro groups is 1. The van der Waals surface area contributed by atoms with Crippen molar-refractivity contribution in [1.29, 1.82) is 0 Å². The Hall–Kier alpha value is -2.43. The molecule has 3 rings (SSSR count). The second-order valence-electron chi connectivity index (χ2n) is 6.54. The van der Waals surface area contributed by atoms with Crippen LogP contribution in [-0.2, 0) is 10.0 Å². The van der Waals surface area contributed by atoms with Gasteiger partial charge in [-0.05, 0) is 19.1 Å². The third-order valence-electron chi connectivity index (χ3n) is 4.90. The molecule has 0 amide bonds. The van der Waals surface area contributed by atoms with Gasteiger partial charge in [-0.3, -0.25) is 15.0 Å². The number of piperazine rings is 1. The van der Waals surface area contributed by atoms with Crippen LogP contribution < -0.4 is 0 Å². The zero-order valence-corrected chi connectivity index (χ0v) is 15.9. The van der Waals surface area contributed by atoms with Gasteiger partial charge >= 0.3 is 0 Å². The maximum Gasteiger partial charge on any atom is 0.270 e. The summed E-state index contributed by atoms with van der Waals surface area (Å²) in [5.41, 5.74) is 0.0523. The first-order chi connectivity index (χ1) is 13.2. The predicted molar refractivity (Wildman–Crippen MR) is 98.2 cm³/mol. The van der Waals surface area contributed by atoms with E-state index in [0.29, 0.717) is 18.7 Å². The van der Waals surface area contributed by atoms with E-state index < -0.39 is 26.6 Å². The molecular formula is C18H19F2N3O4S. The Labute approximate surface area is 161 Å². The molecule has 1 atom stereocenters. The van der Waals surface area contributed by atoms with Gasteiger partial charge in [0.05, 0.1) is 9.82 Å². The highest BCUT2D eigenvalue weighted by Crippen LogP contribution is 2.27. The number of benzene rings is 2. The van der Waals surface area contributed by atoms with E-state index in [1.54, 1.807) is 6.92 Å². The van der Waals surface area contributed by atoms with Gasteiger partial charge in [0.25, 0.3) is 5.69 Å². The van der Waals surface area contributed by atoms with Gasteiger partial charge in [-0.2, -0.15) is 4.31 Å². The number of rotatable bonds is 5. The number of nitro benzene ring substituents is 1. The molecule has 150 valence electrons. The van der Waals surface area contributed by atoms with Crippen LogP contribution in [0.5, 0.6) is 0 Å². The standard InChI is InChI=1S/C18H19F2N3O4S/c1-13(17-6-5-14(19)11-18(17)20)21-7-9-22(10-8-21)28(26,27)16-4-2-3-15(12-16)23(24)25/h2-6,11-13H,7-10H2,1H3. The van der Waals surface area contributed by atoms with Gasteiger partial charge in [-0.15, -0.1) is 0 Å². The van der Waals surface area contributed by atoms with Gasteiger partial charge in [0.2, 0.25) is 10.0 Å². The Bertz CT molecular complexity index is 992. The lowest BCUT2D eigenvalue weighted by atomic mass is 10.1. The third-order valence-corrected chi connectivity index (χ3v) is 6.79. The van der Waals surface area contributed by atoms with Gasteiger partial charge in [-0.25, -0.2) is 17.2 Å². The number of hydrogen-bond donors (Lipinski definition) is 0. The predicted octanol–water partition coefficient (Wildman–Crippen LogP) is 2.94. The summed E-state index contributed by atoms with van der Waals surface area (Å²) in [7, 11) is -3.87. The van der Waals surface area contributed by atoms with Gasteiger partial charge in [0.15, 0.2) is 0 Å². The largest absolute Gasteiger partial charge is 0.294 e. The molecule has 7 nitrogen and oxygen atoms in total. The van der Waals surface area contributed by atoms with Crippen LogP contribution in [0.3, 0.4) is 0 Å². The van der Waals surface area contributed by atoms with E-state index in [0.717, 1.165) is 12.1 Å². The lowest BCUT2D eigenvalue weighted by Crippen LogP contribution is -2.49. The quantitative estimate of drug-likeness (QED) is 0.558. The second-order valence-corrected chi connectivity index (χ2v) is 8.47. The molecule has 1 saturated heterocycles. The van der Waals surface area contributed by atoms with Crippen LogP contribution in [0.15, 0.2) is 47.4 Å². The molecule has 1 aliphatic heterocycles. The lowest BCUT2D eigenvalue weighted by Gasteiger charge is -2.37. The first kappa shape index (κ1) is 20.3. The van der Waals surface area contributed by atoms with E-state index >= 15 is 0 Å². The molecule has 1 heterocycles. The lowest BCUT2D eigenvalue weighted by molar-refractivity contribution is -0.385. The van der Waals surface area contributed by atoms with Crippen molar-refractivity contribution in [2.75, 3.05) is 26.2 Å². The second kappa shape index (κ2) is 7.90. The van der Waals surface area contributed by atoms with Crippen LogP contribution in [0.25, 0.3) is 0 Å². The molecule has 2 aromatic carbocycles. The zero-order valence-electron chi connectivity index (χ0n) is 15.1. The Morgan fingerprint density at radius 3 is 2.36 bits per heavy atom. The van der Waals surface area contributed by atoms with Gasteiger partial charge in [-0.1, -0.05) is 12.1 Å². The maximum atomic E-state index is 14.0. The monoisotopic (exact) mass is 411 g/mol. The molecule has 0 aliphatic carbocycles. The van der Waals surface area contributed by atoms with Crippen molar-refractivity contribution in [3.8, 4) is 0 Å². The molecule has 1 unspecified atom stereocenters. The topological polar surface area (TPSA) is 83.8 Å². The van der Waals surface area contributed by atoms with Crippen LogP contribution >= 0.6 is 0 Å². The Kier molecular flexibility index (Phi) is 5.73. The number of sulfonamides is 1. The zero-order chi connectivity index (χ0) is 20.5. The van der Waals surface area contributed by atoms with Crippen LogP contribution in [0.4, 0.5) is 14.5 Å². The first-order valence-electron chi connectivity index (χ1n) is 8.64. The molecule has 0 spiro atoms. The molecule has 0 aromatic heterocycles. The summed E-state index contributed by atoms with van der Waals surface area (Å²) in [4.78, 5) is 12.0. The molecular weight excluding hydrogens is 392 g/mol. The van der Waals surface area contributed by atoms with Crippen molar-refractivity contribution in [1.82, 2.24) is 9.21 Å². The van der Waals surface area contributed by atoms with E-state index in [2.05, 4.69) is 0 Å². The van der Waals surface area contributed by atoms with Crippen LogP contribution in [0, 0.1) is 21.7 Å². The average molecular weight is 411 g/mol. The van der Waals surface area contributed by atoms with Crippen molar-refractivity contribution in [2.24, 2.45) is 0 Å². The van der Waals surface area contributed by atoms with Gasteiger partial charge in [0.1, 0.15) is 11.6 Å². The summed E-state index contributed by atoms with van der Waals surface area (Å²) in [6.07, 6.45) is 0. The summed E-state index contributed by atoms with van der Waals surface area (Å²) < 4.78 is 54.0. The van der Waals surface area contributed by atoms with E-state index in [1.165, 1.54) is 34.6 Å². The fourth-order valence-electron chi connectivity index (χ4n) is 3.27. The SMILES string of the molecule is CC(c1ccc(F)cc1F)N1CCN(S(=O)(=O)c2cccc([N+](=O)[O-])c2)CC1. The van der Waals surface area contributed by atoms with Crippen molar-refractivity contribution in [2.45, 2.75) is 17.9 Å². The van der Waals surface area contributed by atoms with Crippen molar-refractivity contribution >= 4 is 15.7 Å². The summed E-state index contributed by atoms with van der Waals surface area (Å²) in [5, 5.41) is 10.9. The van der Waals surface area contributed by atoms with Crippen LogP contribution in [0.1, 0.15) is 18.5 Å². The summed E-state index contributed by atoms with van der Waals surface area (Å²) in [6.45, 7) is 2.82. The fourth-order valence-corrected chi connectivity index (χ4v) is 4.74. The van der Waals surface area contributed by atoms with E-state index in [1.807, 2.05) is 4.90 Å². The molecule has 28 heavy (non-hydrogen) atoms. The molecule has 0 N–H and O–H groups in total. The smallest absolute Gasteiger partial charge is 0.270 e. The fraction of sp³-hybridized carbons (Fsp3) is 0.333. The summed E-state index contributed by atoms with van der Waals surface area (Å²) in [6, 6.07) is 8.00. The van der Waals surface area contributed by atoms with Crippen LogP contribution in [-0.4, -0.2) is 48.7 Å². The third kappa shape index (κ3) is 4.03. The van der Waals surface area contributed by atoms with Gasteiger partial charge < -0.3 is 0 Å². The molecule has 2 aromatic rings. The van der Waals surface area contributed by atoms with Crippen molar-refractivity contribution in [3.63, 3.8) is 0 Å². The highest BCUT2D eigenvalue weighted by molar-refractivity contribution is 7.89. The van der Waals surface area contributed by atoms with Crippen molar-refractivity contribution < 1.29 is 22.1 Å². The molecule has 0 radical (unpaired) electrons. The van der Waals surface area contributed by atoms with E-state index in [4.69, 9.17) is 0 Å². The number of halogens is 2. The minimum atomic E-state index is -3.87. The van der Waals surface area contributed by atoms with Crippen molar-refractivity contribution in [3.05, 3.63) is 69.8 Å². The Balaban J connectivity index is 1.72. The van der Waals surface area contributed by atoms with Crippen LogP contribution in [0.2, 0.25) is 0 Å². The number of hydrogen-bond acceptors (Lipinski definition) is 5. The summed E-state index contributed by atoms with van der Waals surface area (Å²) >= 11 is 0. The molecule has 0 bridgehead atoms. The maximum absolute atomic E-state index is 14.0. The van der Waals surface area contributed by atoms with E-state index in [-0.39, 0.29) is 29.7 Å². The average Bonchev–Trinajstić information content (AvgIpc) is 2.67. The molecule has 1 fully saturated rings. The van der Waals surface area contributed by atoms with Gasteiger partial charge in [0, 0.05) is 56.0 Å². The molecule has 1 aliphatic rings. The van der Waals surface area contributed by atoms with E-state index in [9.17, 15) is 27.3 Å². The Morgan fingerprint density at radius 1 is 1.07 bits per heavy atom. The molecule has 10 heteroatoms. The number of non-ortho nitro benzene ring substituents is 1. The normalized spacial score (nSPS) is 17.4. The molecule has 0 saturated carbocycles. The minimum absolute atomic E-state index is 0.132. The Morgan fingerprint density at radius 2 is 1.75 bits per heavy atom. The summed E-state index contributed by atoms with van der Waals surface area (Å²) in [5.74, 6) is -1.29. The highest BCUT2D eigenvalue weighted by atomic mass is 32.2. The first-order valence-corrected chi connectivity index (χ1v) is 10.1. The minimum Gasteiger partial charge on any atom is -0.294 e. The number of nitrogens with zero attached hydrogens (tertiary/aromatic N) is 3. The highest BCUT2D eigenvalue weighted by Gasteiger charge is 2.31.